The van der Waals surface area contributed by atoms with Gasteiger partial charge in [-0.2, -0.15) is 0 Å². The van der Waals surface area contributed by atoms with E-state index in [9.17, 15) is 4.79 Å². The van der Waals surface area contributed by atoms with E-state index in [1.165, 1.54) is 0 Å². The molecule has 0 radical (unpaired) electrons. The number of ether oxygens (including phenoxy) is 1. The molecule has 6 nitrogen and oxygen atoms in total. The molecule has 0 unspecified atom stereocenters. The molecule has 3 aromatic rings. The topological polar surface area (TPSA) is 69.0 Å². The highest BCUT2D eigenvalue weighted by atomic mass is 16.5. The molecule has 0 saturated heterocycles. The largest absolute Gasteiger partial charge is 0.495 e. The third kappa shape index (κ3) is 3.10. The molecule has 1 aromatic heterocycles. The van der Waals surface area contributed by atoms with Gasteiger partial charge in [0.05, 0.1) is 24.2 Å². The number of benzene rings is 2. The van der Waals surface area contributed by atoms with E-state index in [0.717, 1.165) is 16.8 Å². The van der Waals surface area contributed by atoms with Crippen LogP contribution in [0, 0.1) is 20.8 Å². The number of rotatable bonds is 4. The van der Waals surface area contributed by atoms with Gasteiger partial charge in [0.25, 0.3) is 5.91 Å². The zero-order valence-electron chi connectivity index (χ0n) is 14.7. The highest BCUT2D eigenvalue weighted by Crippen LogP contribution is 2.25. The van der Waals surface area contributed by atoms with Crippen molar-refractivity contribution in [2.45, 2.75) is 20.8 Å². The Labute approximate surface area is 146 Å². The number of anilines is 1. The second-order valence-corrected chi connectivity index (χ2v) is 5.83. The van der Waals surface area contributed by atoms with E-state index in [2.05, 4.69) is 15.6 Å². The van der Waals surface area contributed by atoms with Crippen molar-refractivity contribution in [2.75, 3.05) is 12.4 Å². The fourth-order valence-electron chi connectivity index (χ4n) is 2.82. The van der Waals surface area contributed by atoms with Gasteiger partial charge in [-0.15, -0.1) is 5.10 Å². The average molecular weight is 336 g/mol. The molecule has 0 aliphatic heterocycles. The maximum absolute atomic E-state index is 12.6. The molecular weight excluding hydrogens is 316 g/mol. The van der Waals surface area contributed by atoms with Crippen LogP contribution in [0.5, 0.6) is 5.75 Å². The van der Waals surface area contributed by atoms with Crippen molar-refractivity contribution in [1.82, 2.24) is 15.0 Å². The standard InChI is InChI=1S/C19H20N4O2/c1-12-8-7-9-13(2)18(12)23-14(3)17(21-22-23)19(24)20-15-10-5-6-11-16(15)25-4/h5-11H,1-4H3,(H,20,24). The number of para-hydroxylation sites is 3. The van der Waals surface area contributed by atoms with Crippen molar-refractivity contribution in [3.63, 3.8) is 0 Å². The first-order chi connectivity index (χ1) is 12.0. The summed E-state index contributed by atoms with van der Waals surface area (Å²) >= 11 is 0. The molecule has 6 heteroatoms. The van der Waals surface area contributed by atoms with E-state index in [4.69, 9.17) is 4.74 Å². The lowest BCUT2D eigenvalue weighted by molar-refractivity contribution is 0.102. The first-order valence-electron chi connectivity index (χ1n) is 7.96. The van der Waals surface area contributed by atoms with Gasteiger partial charge in [-0.3, -0.25) is 4.79 Å². The summed E-state index contributed by atoms with van der Waals surface area (Å²) in [6, 6.07) is 13.3. The highest BCUT2D eigenvalue weighted by Gasteiger charge is 2.20. The van der Waals surface area contributed by atoms with Gasteiger partial charge in [0, 0.05) is 0 Å². The summed E-state index contributed by atoms with van der Waals surface area (Å²) in [5.74, 6) is 0.273. The van der Waals surface area contributed by atoms with E-state index in [1.54, 1.807) is 23.9 Å². The second kappa shape index (κ2) is 6.76. The van der Waals surface area contributed by atoms with Crippen molar-refractivity contribution in [2.24, 2.45) is 0 Å². The van der Waals surface area contributed by atoms with Crippen LogP contribution in [0.25, 0.3) is 5.69 Å². The lowest BCUT2D eigenvalue weighted by Crippen LogP contribution is -2.15. The number of nitrogens with zero attached hydrogens (tertiary/aromatic N) is 3. The Balaban J connectivity index is 1.95. The summed E-state index contributed by atoms with van der Waals surface area (Å²) in [4.78, 5) is 12.6. The lowest BCUT2D eigenvalue weighted by Gasteiger charge is -2.11. The fraction of sp³-hybridized carbons (Fsp3) is 0.211. The van der Waals surface area contributed by atoms with Crippen molar-refractivity contribution in [1.29, 1.82) is 0 Å². The van der Waals surface area contributed by atoms with Crippen LogP contribution in [0.3, 0.4) is 0 Å². The predicted molar refractivity (Wildman–Crippen MR) is 96.5 cm³/mol. The zero-order valence-corrected chi connectivity index (χ0v) is 14.7. The minimum absolute atomic E-state index is 0.286. The van der Waals surface area contributed by atoms with Crippen molar-refractivity contribution in [3.05, 3.63) is 65.0 Å². The van der Waals surface area contributed by atoms with Crippen LogP contribution in [-0.2, 0) is 0 Å². The molecule has 2 aromatic carbocycles. The van der Waals surface area contributed by atoms with Crippen molar-refractivity contribution < 1.29 is 9.53 Å². The summed E-state index contributed by atoms with van der Waals surface area (Å²) in [7, 11) is 1.56. The van der Waals surface area contributed by atoms with Gasteiger partial charge in [0.15, 0.2) is 5.69 Å². The molecule has 0 fully saturated rings. The third-order valence-corrected chi connectivity index (χ3v) is 4.12. The SMILES string of the molecule is COc1ccccc1NC(=O)c1nnn(-c2c(C)cccc2C)c1C. The molecule has 1 heterocycles. The molecule has 3 rings (SSSR count). The van der Waals surface area contributed by atoms with Crippen LogP contribution in [0.4, 0.5) is 5.69 Å². The van der Waals surface area contributed by atoms with Gasteiger partial charge in [-0.1, -0.05) is 35.5 Å². The van der Waals surface area contributed by atoms with E-state index >= 15 is 0 Å². The van der Waals surface area contributed by atoms with Crippen molar-refractivity contribution >= 4 is 11.6 Å². The number of hydrogen-bond acceptors (Lipinski definition) is 4. The minimum Gasteiger partial charge on any atom is -0.495 e. The molecule has 1 N–H and O–H groups in total. The van der Waals surface area contributed by atoms with E-state index in [-0.39, 0.29) is 11.6 Å². The Morgan fingerprint density at radius 1 is 1.04 bits per heavy atom. The van der Waals surface area contributed by atoms with E-state index in [0.29, 0.717) is 17.1 Å². The Morgan fingerprint density at radius 3 is 2.40 bits per heavy atom. The number of methoxy groups -OCH3 is 1. The van der Waals surface area contributed by atoms with Crippen LogP contribution in [-0.4, -0.2) is 28.0 Å². The molecule has 25 heavy (non-hydrogen) atoms. The molecule has 0 spiro atoms. The van der Waals surface area contributed by atoms with Crippen LogP contribution >= 0.6 is 0 Å². The van der Waals surface area contributed by atoms with Crippen LogP contribution in [0.1, 0.15) is 27.3 Å². The van der Waals surface area contributed by atoms with E-state index < -0.39 is 0 Å². The number of aromatic nitrogens is 3. The molecule has 128 valence electrons. The molecule has 0 aliphatic rings. The smallest absolute Gasteiger partial charge is 0.278 e. The van der Waals surface area contributed by atoms with E-state index in [1.807, 2.05) is 51.1 Å². The molecule has 0 saturated carbocycles. The Hall–Kier alpha value is -3.15. The van der Waals surface area contributed by atoms with Crippen LogP contribution in [0.15, 0.2) is 42.5 Å². The molecular formula is C19H20N4O2. The molecule has 0 aliphatic carbocycles. The summed E-state index contributed by atoms with van der Waals surface area (Å²) in [5, 5.41) is 11.1. The zero-order chi connectivity index (χ0) is 18.0. The fourth-order valence-corrected chi connectivity index (χ4v) is 2.82. The Kier molecular flexibility index (Phi) is 4.52. The number of amides is 1. The normalized spacial score (nSPS) is 10.6. The maximum Gasteiger partial charge on any atom is 0.278 e. The minimum atomic E-state index is -0.320. The Morgan fingerprint density at radius 2 is 1.72 bits per heavy atom. The monoisotopic (exact) mass is 336 g/mol. The number of carbonyl (C=O) groups excluding carboxylic acids is 1. The first kappa shape index (κ1) is 16.7. The summed E-state index contributed by atoms with van der Waals surface area (Å²) in [5.41, 5.74) is 4.66. The van der Waals surface area contributed by atoms with Crippen LogP contribution < -0.4 is 10.1 Å². The first-order valence-corrected chi connectivity index (χ1v) is 7.96. The quantitative estimate of drug-likeness (QED) is 0.792. The Bertz CT molecular complexity index is 911. The molecule has 0 atom stereocenters. The summed E-state index contributed by atoms with van der Waals surface area (Å²) in [6.45, 7) is 5.86. The summed E-state index contributed by atoms with van der Waals surface area (Å²) in [6.07, 6.45) is 0. The van der Waals surface area contributed by atoms with Gasteiger partial charge < -0.3 is 10.1 Å². The number of carbonyl (C=O) groups is 1. The average Bonchev–Trinajstić information content (AvgIpc) is 2.97. The number of hydrogen-bond donors (Lipinski definition) is 1. The highest BCUT2D eigenvalue weighted by molar-refractivity contribution is 6.04. The van der Waals surface area contributed by atoms with Gasteiger partial charge in [0.2, 0.25) is 0 Å². The van der Waals surface area contributed by atoms with Gasteiger partial charge in [-0.05, 0) is 44.0 Å². The molecule has 1 amide bonds. The third-order valence-electron chi connectivity index (χ3n) is 4.12. The maximum atomic E-state index is 12.6. The van der Waals surface area contributed by atoms with Gasteiger partial charge in [0.1, 0.15) is 5.75 Å². The lowest BCUT2D eigenvalue weighted by atomic mass is 10.1. The van der Waals surface area contributed by atoms with Gasteiger partial charge >= 0.3 is 0 Å². The molecule has 0 bridgehead atoms. The predicted octanol–water partition coefficient (Wildman–Crippen LogP) is 3.45. The van der Waals surface area contributed by atoms with Crippen LogP contribution in [0.2, 0.25) is 0 Å². The van der Waals surface area contributed by atoms with Gasteiger partial charge in [-0.25, -0.2) is 4.68 Å². The number of aryl methyl sites for hydroxylation is 2. The number of nitrogens with one attached hydrogen (secondary N) is 1. The van der Waals surface area contributed by atoms with Crippen molar-refractivity contribution in [3.8, 4) is 11.4 Å². The summed E-state index contributed by atoms with van der Waals surface area (Å²) < 4.78 is 6.97. The second-order valence-electron chi connectivity index (χ2n) is 5.83.